The molecule has 22 heavy (non-hydrogen) atoms. The van der Waals surface area contributed by atoms with E-state index in [2.05, 4.69) is 0 Å². The minimum absolute atomic E-state index is 0.125. The number of alkyl halides is 3. The second kappa shape index (κ2) is 5.23. The van der Waals surface area contributed by atoms with Crippen molar-refractivity contribution in [2.24, 2.45) is 0 Å². The smallest absolute Gasteiger partial charge is 0.398 e. The van der Waals surface area contributed by atoms with Gasteiger partial charge in [-0.15, -0.1) is 0 Å². The van der Waals surface area contributed by atoms with Crippen molar-refractivity contribution in [1.29, 1.82) is 0 Å². The summed E-state index contributed by atoms with van der Waals surface area (Å²) in [4.78, 5) is 0. The van der Waals surface area contributed by atoms with Crippen LogP contribution in [0.3, 0.4) is 0 Å². The predicted molar refractivity (Wildman–Crippen MR) is 78.6 cm³/mol. The number of ether oxygens (including phenoxy) is 1. The molecule has 1 saturated carbocycles. The summed E-state index contributed by atoms with van der Waals surface area (Å²) in [5.74, 6) is 0.408. The molecule has 0 unspecified atom stereocenters. The van der Waals surface area contributed by atoms with Crippen molar-refractivity contribution in [3.63, 3.8) is 0 Å². The summed E-state index contributed by atoms with van der Waals surface area (Å²) in [6.45, 7) is 0.328. The van der Waals surface area contributed by atoms with E-state index in [0.29, 0.717) is 12.4 Å². The summed E-state index contributed by atoms with van der Waals surface area (Å²) in [5.41, 5.74) is 5.59. The number of nitrogen functional groups attached to an aromatic ring is 1. The van der Waals surface area contributed by atoms with Crippen LogP contribution in [0.1, 0.15) is 24.0 Å². The van der Waals surface area contributed by atoms with Crippen LogP contribution in [0.25, 0.3) is 0 Å². The minimum Gasteiger partial charge on any atom is -0.487 e. The van der Waals surface area contributed by atoms with E-state index in [-0.39, 0.29) is 24.1 Å². The molecule has 1 aliphatic rings. The van der Waals surface area contributed by atoms with Crippen LogP contribution in [0.5, 0.6) is 5.75 Å². The van der Waals surface area contributed by atoms with Crippen molar-refractivity contribution >= 4 is 5.69 Å². The number of rotatable bonds is 4. The van der Waals surface area contributed by atoms with Crippen molar-refractivity contribution < 1.29 is 17.9 Å². The van der Waals surface area contributed by atoms with E-state index in [4.69, 9.17) is 10.5 Å². The average molecular weight is 307 g/mol. The van der Waals surface area contributed by atoms with Gasteiger partial charge in [0.1, 0.15) is 12.4 Å². The van der Waals surface area contributed by atoms with Gasteiger partial charge in [0.05, 0.1) is 11.1 Å². The van der Waals surface area contributed by atoms with Gasteiger partial charge in [-0.3, -0.25) is 0 Å². The van der Waals surface area contributed by atoms with E-state index in [1.165, 1.54) is 18.2 Å². The molecule has 3 rings (SSSR count). The maximum Gasteiger partial charge on any atom is 0.398 e. The van der Waals surface area contributed by atoms with E-state index in [9.17, 15) is 13.2 Å². The van der Waals surface area contributed by atoms with Crippen LogP contribution in [0, 0.1) is 0 Å². The molecular formula is C17H16F3NO. The van der Waals surface area contributed by atoms with Gasteiger partial charge in [-0.25, -0.2) is 0 Å². The number of hydrogen-bond acceptors (Lipinski definition) is 2. The van der Waals surface area contributed by atoms with Crippen molar-refractivity contribution in [3.8, 4) is 5.75 Å². The quantitative estimate of drug-likeness (QED) is 0.847. The lowest BCUT2D eigenvalue weighted by Crippen LogP contribution is -2.28. The Kier molecular flexibility index (Phi) is 3.51. The van der Waals surface area contributed by atoms with E-state index in [0.717, 1.165) is 5.56 Å². The first-order valence-electron chi connectivity index (χ1n) is 7.06. The van der Waals surface area contributed by atoms with Gasteiger partial charge < -0.3 is 10.5 Å². The molecule has 0 radical (unpaired) electrons. The lowest BCUT2D eigenvalue weighted by atomic mass is 9.95. The second-order valence-corrected chi connectivity index (χ2v) is 5.61. The Hall–Kier alpha value is -2.17. The first-order valence-corrected chi connectivity index (χ1v) is 7.06. The highest BCUT2D eigenvalue weighted by atomic mass is 19.4. The van der Waals surface area contributed by atoms with Gasteiger partial charge in [0.2, 0.25) is 0 Å². The SMILES string of the molecule is Nc1cc(C2(C(F)(F)F)CC2)ccc1OCc1ccccc1. The normalized spacial score (nSPS) is 16.3. The highest BCUT2D eigenvalue weighted by molar-refractivity contribution is 5.56. The zero-order valence-electron chi connectivity index (χ0n) is 11.9. The third-order valence-electron chi connectivity index (χ3n) is 4.09. The van der Waals surface area contributed by atoms with Crippen LogP contribution in [-0.2, 0) is 12.0 Å². The third kappa shape index (κ3) is 2.63. The molecule has 2 nitrogen and oxygen atoms in total. The molecule has 5 heteroatoms. The van der Waals surface area contributed by atoms with Crippen LogP contribution >= 0.6 is 0 Å². The van der Waals surface area contributed by atoms with E-state index in [1.54, 1.807) is 0 Å². The molecule has 0 spiro atoms. The summed E-state index contributed by atoms with van der Waals surface area (Å²) in [6, 6.07) is 13.9. The monoisotopic (exact) mass is 307 g/mol. The van der Waals surface area contributed by atoms with Crippen LogP contribution in [0.2, 0.25) is 0 Å². The zero-order chi connectivity index (χ0) is 15.8. The van der Waals surface area contributed by atoms with Gasteiger partial charge in [0.15, 0.2) is 0 Å². The summed E-state index contributed by atoms with van der Waals surface area (Å²) in [6.07, 6.45) is -3.98. The van der Waals surface area contributed by atoms with Crippen molar-refractivity contribution in [1.82, 2.24) is 0 Å². The lowest BCUT2D eigenvalue weighted by molar-refractivity contribution is -0.160. The highest BCUT2D eigenvalue weighted by Gasteiger charge is 2.64. The van der Waals surface area contributed by atoms with Crippen molar-refractivity contribution in [2.45, 2.75) is 31.0 Å². The summed E-state index contributed by atoms with van der Waals surface area (Å²) in [7, 11) is 0. The van der Waals surface area contributed by atoms with Gasteiger partial charge in [0, 0.05) is 0 Å². The number of halogens is 3. The van der Waals surface area contributed by atoms with Crippen molar-refractivity contribution in [2.75, 3.05) is 5.73 Å². The van der Waals surface area contributed by atoms with Crippen LogP contribution < -0.4 is 10.5 Å². The standard InChI is InChI=1S/C17H16F3NO/c18-17(19,20)16(8-9-16)13-6-7-15(14(21)10-13)22-11-12-4-2-1-3-5-12/h1-7,10H,8-9,11,21H2. The maximum atomic E-state index is 13.1. The fourth-order valence-corrected chi connectivity index (χ4v) is 2.57. The molecular weight excluding hydrogens is 291 g/mol. The van der Waals surface area contributed by atoms with E-state index < -0.39 is 11.6 Å². The summed E-state index contributed by atoms with van der Waals surface area (Å²) < 4.78 is 44.9. The number of anilines is 1. The number of benzene rings is 2. The largest absolute Gasteiger partial charge is 0.487 e. The maximum absolute atomic E-state index is 13.1. The van der Waals surface area contributed by atoms with E-state index >= 15 is 0 Å². The topological polar surface area (TPSA) is 35.2 Å². The van der Waals surface area contributed by atoms with Crippen LogP contribution in [0.15, 0.2) is 48.5 Å². The molecule has 0 atom stereocenters. The first-order chi connectivity index (χ1) is 10.4. The van der Waals surface area contributed by atoms with Crippen LogP contribution in [0.4, 0.5) is 18.9 Å². The average Bonchev–Trinajstić information content (AvgIpc) is 3.28. The molecule has 1 fully saturated rings. The Morgan fingerprint density at radius 1 is 1.05 bits per heavy atom. The molecule has 0 amide bonds. The summed E-state index contributed by atoms with van der Waals surface area (Å²) in [5, 5.41) is 0. The minimum atomic E-state index is -4.23. The highest BCUT2D eigenvalue weighted by Crippen LogP contribution is 2.59. The molecule has 2 aromatic carbocycles. The second-order valence-electron chi connectivity index (χ2n) is 5.61. The molecule has 0 aliphatic heterocycles. The Labute approximate surface area is 126 Å². The molecule has 0 heterocycles. The third-order valence-corrected chi connectivity index (χ3v) is 4.09. The molecule has 2 aromatic rings. The predicted octanol–water partition coefficient (Wildman–Crippen LogP) is 4.44. The van der Waals surface area contributed by atoms with Gasteiger partial charge in [-0.2, -0.15) is 13.2 Å². The first kappa shape index (κ1) is 14.8. The van der Waals surface area contributed by atoms with Crippen LogP contribution in [-0.4, -0.2) is 6.18 Å². The molecule has 2 N–H and O–H groups in total. The number of hydrogen-bond donors (Lipinski definition) is 1. The Morgan fingerprint density at radius 2 is 1.73 bits per heavy atom. The Bertz CT molecular complexity index is 663. The molecule has 0 saturated heterocycles. The van der Waals surface area contributed by atoms with Gasteiger partial charge in [-0.1, -0.05) is 36.4 Å². The Morgan fingerprint density at radius 3 is 2.27 bits per heavy atom. The number of nitrogens with two attached hydrogens (primary N) is 1. The molecule has 0 bridgehead atoms. The van der Waals surface area contributed by atoms with Gasteiger partial charge in [-0.05, 0) is 36.1 Å². The van der Waals surface area contributed by atoms with Gasteiger partial charge >= 0.3 is 6.18 Å². The van der Waals surface area contributed by atoms with Gasteiger partial charge in [0.25, 0.3) is 0 Å². The fraction of sp³-hybridized carbons (Fsp3) is 0.294. The molecule has 0 aromatic heterocycles. The van der Waals surface area contributed by atoms with Crippen molar-refractivity contribution in [3.05, 3.63) is 59.7 Å². The Balaban J connectivity index is 1.76. The molecule has 116 valence electrons. The molecule has 1 aliphatic carbocycles. The zero-order valence-corrected chi connectivity index (χ0v) is 11.9. The summed E-state index contributed by atoms with van der Waals surface area (Å²) >= 11 is 0. The fourth-order valence-electron chi connectivity index (χ4n) is 2.57. The van der Waals surface area contributed by atoms with E-state index in [1.807, 2.05) is 30.3 Å². The lowest BCUT2D eigenvalue weighted by Gasteiger charge is -2.20.